The number of carbonyl (C=O) groups is 1. The predicted octanol–water partition coefficient (Wildman–Crippen LogP) is 4.15. The summed E-state index contributed by atoms with van der Waals surface area (Å²) in [6.45, 7) is 1.28. The molecule has 2 aromatic carbocycles. The number of fused-ring (bicyclic) bond motifs is 3. The molecule has 0 saturated carbocycles. The number of rotatable bonds is 3. The molecule has 1 aliphatic heterocycles. The third-order valence-electron chi connectivity index (χ3n) is 5.17. The van der Waals surface area contributed by atoms with Crippen LogP contribution in [0.1, 0.15) is 16.8 Å². The summed E-state index contributed by atoms with van der Waals surface area (Å²) in [7, 11) is 0. The minimum Gasteiger partial charge on any atom is -0.480 e. The molecule has 0 amide bonds. The van der Waals surface area contributed by atoms with Crippen LogP contribution in [0.4, 0.5) is 0 Å². The van der Waals surface area contributed by atoms with E-state index in [1.807, 2.05) is 41.5 Å². The minimum absolute atomic E-state index is 0.466. The van der Waals surface area contributed by atoms with Crippen LogP contribution in [-0.4, -0.2) is 37.2 Å². The lowest BCUT2D eigenvalue weighted by Gasteiger charge is -2.35. The Kier molecular flexibility index (Phi) is 4.93. The number of carboxylic acid groups (broad SMARTS) is 1. The number of aromatic nitrogens is 1. The number of benzene rings is 2. The lowest BCUT2D eigenvalue weighted by molar-refractivity contribution is -0.142. The molecule has 1 aromatic heterocycles. The highest BCUT2D eigenvalue weighted by atomic mass is 32.2. The van der Waals surface area contributed by atoms with Crippen molar-refractivity contribution in [3.8, 4) is 0 Å². The minimum atomic E-state index is -0.822. The van der Waals surface area contributed by atoms with Crippen LogP contribution in [0, 0.1) is 0 Å². The Balaban J connectivity index is 1.86. The maximum atomic E-state index is 11.9. The van der Waals surface area contributed by atoms with Crippen LogP contribution in [0.25, 0.3) is 10.9 Å². The van der Waals surface area contributed by atoms with Crippen LogP contribution in [-0.2, 0) is 24.3 Å². The van der Waals surface area contributed by atoms with Crippen molar-refractivity contribution in [2.45, 2.75) is 25.6 Å². The third kappa shape index (κ3) is 3.24. The molecule has 4 nitrogen and oxygen atoms in total. The van der Waals surface area contributed by atoms with Gasteiger partial charge in [-0.3, -0.25) is 0 Å². The first-order valence-corrected chi connectivity index (χ1v) is 10.4. The Bertz CT molecular complexity index is 1010. The summed E-state index contributed by atoms with van der Waals surface area (Å²) in [6, 6.07) is 18.0. The molecule has 0 saturated heterocycles. The smallest absolute Gasteiger partial charge is 0.326 e. The highest BCUT2D eigenvalue weighted by Gasteiger charge is 2.36. The van der Waals surface area contributed by atoms with E-state index in [1.165, 1.54) is 17.3 Å². The van der Waals surface area contributed by atoms with E-state index >= 15 is 0 Å². The van der Waals surface area contributed by atoms with Crippen molar-refractivity contribution in [3.63, 3.8) is 0 Å². The van der Waals surface area contributed by atoms with Crippen LogP contribution < -0.4 is 0 Å². The number of para-hydroxylation sites is 1. The van der Waals surface area contributed by atoms with Crippen LogP contribution in [0.3, 0.4) is 0 Å². The topological polar surface area (TPSA) is 45.5 Å². The van der Waals surface area contributed by atoms with E-state index in [2.05, 4.69) is 28.8 Å². The molecule has 0 unspecified atom stereocenters. The summed E-state index contributed by atoms with van der Waals surface area (Å²) in [5, 5.41) is 10.9. The fourth-order valence-electron chi connectivity index (χ4n) is 3.89. The van der Waals surface area contributed by atoms with Gasteiger partial charge in [-0.05, 0) is 23.4 Å². The van der Waals surface area contributed by atoms with Gasteiger partial charge in [0.05, 0.1) is 6.54 Å². The van der Waals surface area contributed by atoms with Gasteiger partial charge in [0.2, 0.25) is 0 Å². The molecule has 0 spiro atoms. The summed E-state index contributed by atoms with van der Waals surface area (Å²) in [6.07, 6.45) is 2.37. The summed E-state index contributed by atoms with van der Waals surface area (Å²) in [5.41, 5.74) is 4.66. The van der Waals surface area contributed by atoms with E-state index in [4.69, 9.17) is 12.2 Å². The fraction of sp³-hybridized carbons (Fsp3) is 0.238. The zero-order chi connectivity index (χ0) is 19.0. The number of thioether (sulfide) groups is 1. The molecule has 0 fully saturated rings. The van der Waals surface area contributed by atoms with E-state index in [0.717, 1.165) is 28.7 Å². The van der Waals surface area contributed by atoms with Gasteiger partial charge < -0.3 is 14.6 Å². The van der Waals surface area contributed by atoms with Gasteiger partial charge in [-0.15, -0.1) is 11.8 Å². The molecule has 1 aliphatic rings. The summed E-state index contributed by atoms with van der Waals surface area (Å²) in [5.74, 6) is -0.822. The second kappa shape index (κ2) is 7.37. The highest BCUT2D eigenvalue weighted by molar-refractivity contribution is 8.22. The summed E-state index contributed by atoms with van der Waals surface area (Å²) >= 11 is 6.90. The zero-order valence-corrected chi connectivity index (χ0v) is 16.6. The Hall–Kier alpha value is -2.31. The van der Waals surface area contributed by atoms with E-state index in [1.54, 1.807) is 0 Å². The third-order valence-corrected chi connectivity index (χ3v) is 6.48. The number of carboxylic acids is 1. The van der Waals surface area contributed by atoms with Gasteiger partial charge in [0, 0.05) is 29.6 Å². The highest BCUT2D eigenvalue weighted by Crippen LogP contribution is 2.34. The predicted molar refractivity (Wildman–Crippen MR) is 114 cm³/mol. The quantitative estimate of drug-likeness (QED) is 0.674. The van der Waals surface area contributed by atoms with E-state index in [9.17, 15) is 9.90 Å². The van der Waals surface area contributed by atoms with Gasteiger partial charge >= 0.3 is 5.97 Å². The van der Waals surface area contributed by atoms with Crippen molar-refractivity contribution in [1.82, 2.24) is 9.47 Å². The Morgan fingerprint density at radius 2 is 1.89 bits per heavy atom. The van der Waals surface area contributed by atoms with Gasteiger partial charge in [0.15, 0.2) is 0 Å². The van der Waals surface area contributed by atoms with Crippen molar-refractivity contribution in [2.75, 3.05) is 6.26 Å². The first-order chi connectivity index (χ1) is 13.1. The Morgan fingerprint density at radius 1 is 1.19 bits per heavy atom. The first-order valence-electron chi connectivity index (χ1n) is 8.80. The molecule has 2 heterocycles. The molecule has 4 rings (SSSR count). The average molecular weight is 397 g/mol. The fourth-order valence-corrected chi connectivity index (χ4v) is 4.51. The van der Waals surface area contributed by atoms with Crippen molar-refractivity contribution < 1.29 is 9.90 Å². The van der Waals surface area contributed by atoms with E-state index in [-0.39, 0.29) is 0 Å². The van der Waals surface area contributed by atoms with E-state index < -0.39 is 12.0 Å². The monoisotopic (exact) mass is 396 g/mol. The molecule has 1 N–H and O–H groups in total. The second-order valence-electron chi connectivity index (χ2n) is 6.67. The normalized spacial score (nSPS) is 16.3. The summed E-state index contributed by atoms with van der Waals surface area (Å²) < 4.78 is 2.94. The number of thiocarbonyl (C=S) groups is 1. The Labute approximate surface area is 167 Å². The standard InChI is InChI=1S/C21H20N2O2S2/c1-27-21(26)23-13-19-16(11-18(23)20(24)25)15-9-5-6-10-17(15)22(19)12-14-7-3-2-4-8-14/h2-10,18H,11-13H2,1H3,(H,24,25)/t18-/m1/s1. The van der Waals surface area contributed by atoms with Gasteiger partial charge in [-0.1, -0.05) is 60.7 Å². The second-order valence-corrected chi connectivity index (χ2v) is 8.11. The number of aliphatic carboxylic acids is 1. The zero-order valence-electron chi connectivity index (χ0n) is 15.0. The van der Waals surface area contributed by atoms with E-state index in [0.29, 0.717) is 17.3 Å². The number of hydrogen-bond donors (Lipinski definition) is 1. The lowest BCUT2D eigenvalue weighted by atomic mass is 9.97. The van der Waals surface area contributed by atoms with Crippen molar-refractivity contribution in [1.29, 1.82) is 0 Å². The Morgan fingerprint density at radius 3 is 2.59 bits per heavy atom. The number of hydrogen-bond acceptors (Lipinski definition) is 3. The number of nitrogens with zero attached hydrogens (tertiary/aromatic N) is 2. The molecule has 27 heavy (non-hydrogen) atoms. The molecule has 1 atom stereocenters. The molecule has 6 heteroatoms. The average Bonchev–Trinajstić information content (AvgIpc) is 3.00. The van der Waals surface area contributed by atoms with Gasteiger partial charge in [0.1, 0.15) is 10.4 Å². The largest absolute Gasteiger partial charge is 0.480 e. The maximum Gasteiger partial charge on any atom is 0.326 e. The van der Waals surface area contributed by atoms with Crippen LogP contribution in [0.2, 0.25) is 0 Å². The molecular weight excluding hydrogens is 376 g/mol. The van der Waals surface area contributed by atoms with Crippen LogP contribution in [0.15, 0.2) is 54.6 Å². The molecule has 3 aromatic rings. The summed E-state index contributed by atoms with van der Waals surface area (Å²) in [4.78, 5) is 13.8. The van der Waals surface area contributed by atoms with Crippen molar-refractivity contribution >= 4 is 45.2 Å². The van der Waals surface area contributed by atoms with Crippen LogP contribution in [0.5, 0.6) is 0 Å². The van der Waals surface area contributed by atoms with Crippen LogP contribution >= 0.6 is 24.0 Å². The van der Waals surface area contributed by atoms with Crippen molar-refractivity contribution in [2.24, 2.45) is 0 Å². The van der Waals surface area contributed by atoms with Gasteiger partial charge in [-0.2, -0.15) is 0 Å². The SMILES string of the molecule is CSC(=S)N1Cc2c(c3ccccc3n2Cc2ccccc2)C[C@@H]1C(=O)O. The molecule has 138 valence electrons. The molecule has 0 bridgehead atoms. The lowest BCUT2D eigenvalue weighted by Crippen LogP contribution is -2.47. The molecule has 0 aliphatic carbocycles. The molecular formula is C21H20N2O2S2. The van der Waals surface area contributed by atoms with Gasteiger partial charge in [0.25, 0.3) is 0 Å². The maximum absolute atomic E-state index is 11.9. The molecule has 0 radical (unpaired) electrons. The first kappa shape index (κ1) is 18.1. The van der Waals surface area contributed by atoms with Gasteiger partial charge in [-0.25, -0.2) is 4.79 Å². The van der Waals surface area contributed by atoms with Crippen molar-refractivity contribution in [3.05, 3.63) is 71.4 Å².